The maximum Gasteiger partial charge on any atom is 0.168 e. The summed E-state index contributed by atoms with van der Waals surface area (Å²) in [5, 5.41) is 9.46. The molecule has 0 radical (unpaired) electrons. The van der Waals surface area contributed by atoms with Crippen LogP contribution in [0, 0.1) is 20.8 Å². The molecule has 0 bridgehead atoms. The summed E-state index contributed by atoms with van der Waals surface area (Å²) in [4.78, 5) is 8.86. The molecule has 0 saturated carbocycles. The third-order valence-corrected chi connectivity index (χ3v) is 4.65. The molecular formula is C20H18ClN5. The molecule has 5 nitrogen and oxygen atoms in total. The number of halogens is 1. The highest BCUT2D eigenvalue weighted by atomic mass is 35.5. The third kappa shape index (κ3) is 2.91. The predicted octanol–water partition coefficient (Wildman–Crippen LogP) is 5.14. The highest BCUT2D eigenvalue weighted by Crippen LogP contribution is 2.28. The van der Waals surface area contributed by atoms with E-state index in [-0.39, 0.29) is 0 Å². The van der Waals surface area contributed by atoms with Crippen molar-refractivity contribution in [2.45, 2.75) is 20.8 Å². The van der Waals surface area contributed by atoms with Crippen molar-refractivity contribution < 1.29 is 0 Å². The van der Waals surface area contributed by atoms with Crippen LogP contribution in [0.4, 0.5) is 11.5 Å². The van der Waals surface area contributed by atoms with Crippen molar-refractivity contribution in [3.8, 4) is 5.69 Å². The lowest BCUT2D eigenvalue weighted by molar-refractivity contribution is 0.887. The van der Waals surface area contributed by atoms with Crippen LogP contribution in [0.25, 0.3) is 16.7 Å². The number of rotatable bonds is 3. The zero-order chi connectivity index (χ0) is 18.3. The van der Waals surface area contributed by atoms with E-state index in [1.54, 1.807) is 17.2 Å². The summed E-state index contributed by atoms with van der Waals surface area (Å²) in [7, 11) is 0. The Morgan fingerprint density at radius 3 is 2.62 bits per heavy atom. The van der Waals surface area contributed by atoms with E-state index in [2.05, 4.69) is 52.4 Å². The fourth-order valence-corrected chi connectivity index (χ4v) is 3.10. The van der Waals surface area contributed by atoms with E-state index >= 15 is 0 Å². The molecule has 0 fully saturated rings. The first-order valence-corrected chi connectivity index (χ1v) is 8.70. The lowest BCUT2D eigenvalue weighted by Crippen LogP contribution is -2.02. The van der Waals surface area contributed by atoms with Gasteiger partial charge in [0.05, 0.1) is 17.3 Å². The molecule has 0 spiro atoms. The molecule has 6 heteroatoms. The minimum Gasteiger partial charge on any atom is -0.339 e. The number of hydrogen-bond acceptors (Lipinski definition) is 4. The molecule has 1 N–H and O–H groups in total. The zero-order valence-corrected chi connectivity index (χ0v) is 15.5. The number of anilines is 2. The number of nitrogens with zero attached hydrogens (tertiary/aromatic N) is 4. The second-order valence-electron chi connectivity index (χ2n) is 6.39. The van der Waals surface area contributed by atoms with Crippen LogP contribution in [-0.4, -0.2) is 19.7 Å². The SMILES string of the molecule is Cc1ccc(C)c(Nc2ncnc3c2cnn3-c2cc(Cl)ccc2C)c1. The van der Waals surface area contributed by atoms with E-state index in [1.807, 2.05) is 25.1 Å². The topological polar surface area (TPSA) is 55.6 Å². The molecule has 130 valence electrons. The third-order valence-electron chi connectivity index (χ3n) is 4.41. The molecule has 0 saturated heterocycles. The van der Waals surface area contributed by atoms with Gasteiger partial charge in [0.2, 0.25) is 0 Å². The van der Waals surface area contributed by atoms with E-state index in [9.17, 15) is 0 Å². The smallest absolute Gasteiger partial charge is 0.168 e. The molecule has 0 aliphatic heterocycles. The maximum atomic E-state index is 6.17. The summed E-state index contributed by atoms with van der Waals surface area (Å²) in [5.41, 5.74) is 6.08. The maximum absolute atomic E-state index is 6.17. The van der Waals surface area contributed by atoms with Crippen LogP contribution in [0.2, 0.25) is 5.02 Å². The summed E-state index contributed by atoms with van der Waals surface area (Å²) in [6.45, 7) is 6.16. The van der Waals surface area contributed by atoms with Crippen molar-refractivity contribution >= 4 is 34.1 Å². The molecule has 4 rings (SSSR count). The van der Waals surface area contributed by atoms with Gasteiger partial charge in [-0.05, 0) is 55.7 Å². The second-order valence-corrected chi connectivity index (χ2v) is 6.83. The van der Waals surface area contributed by atoms with Crippen LogP contribution < -0.4 is 5.32 Å². The second kappa shape index (κ2) is 6.42. The van der Waals surface area contributed by atoms with Crippen molar-refractivity contribution in [2.75, 3.05) is 5.32 Å². The number of hydrogen-bond donors (Lipinski definition) is 1. The molecule has 4 aromatic rings. The number of benzene rings is 2. The Hall–Kier alpha value is -2.92. The summed E-state index contributed by atoms with van der Waals surface area (Å²) in [6.07, 6.45) is 3.33. The number of aromatic nitrogens is 4. The molecular weight excluding hydrogens is 346 g/mol. The van der Waals surface area contributed by atoms with Crippen LogP contribution >= 0.6 is 11.6 Å². The van der Waals surface area contributed by atoms with Crippen LogP contribution in [0.3, 0.4) is 0 Å². The Kier molecular flexibility index (Phi) is 4.09. The average molecular weight is 364 g/mol. The Balaban J connectivity index is 1.83. The lowest BCUT2D eigenvalue weighted by Gasteiger charge is -2.11. The molecule has 0 amide bonds. The zero-order valence-electron chi connectivity index (χ0n) is 14.8. The first-order valence-electron chi connectivity index (χ1n) is 8.32. The lowest BCUT2D eigenvalue weighted by atomic mass is 10.1. The summed E-state index contributed by atoms with van der Waals surface area (Å²) >= 11 is 6.17. The molecule has 0 unspecified atom stereocenters. The van der Waals surface area contributed by atoms with E-state index < -0.39 is 0 Å². The van der Waals surface area contributed by atoms with Gasteiger partial charge < -0.3 is 5.32 Å². The van der Waals surface area contributed by atoms with Gasteiger partial charge in [0.1, 0.15) is 12.1 Å². The van der Waals surface area contributed by atoms with Crippen molar-refractivity contribution in [3.05, 3.63) is 70.6 Å². The molecule has 0 aliphatic carbocycles. The van der Waals surface area contributed by atoms with Crippen LogP contribution in [0.5, 0.6) is 0 Å². The fourth-order valence-electron chi connectivity index (χ4n) is 2.93. The van der Waals surface area contributed by atoms with Gasteiger partial charge >= 0.3 is 0 Å². The van der Waals surface area contributed by atoms with Gasteiger partial charge in [0.25, 0.3) is 0 Å². The van der Waals surface area contributed by atoms with Gasteiger partial charge in [-0.3, -0.25) is 0 Å². The Morgan fingerprint density at radius 1 is 0.962 bits per heavy atom. The van der Waals surface area contributed by atoms with Gasteiger partial charge in [-0.2, -0.15) is 5.10 Å². The number of fused-ring (bicyclic) bond motifs is 1. The monoisotopic (exact) mass is 363 g/mol. The number of nitrogens with one attached hydrogen (secondary N) is 1. The van der Waals surface area contributed by atoms with E-state index in [0.29, 0.717) is 5.02 Å². The largest absolute Gasteiger partial charge is 0.339 e. The van der Waals surface area contributed by atoms with Crippen LogP contribution in [0.15, 0.2) is 48.9 Å². The Morgan fingerprint density at radius 2 is 1.77 bits per heavy atom. The Bertz CT molecular complexity index is 1120. The first-order chi connectivity index (χ1) is 12.5. The fraction of sp³-hybridized carbons (Fsp3) is 0.150. The standard InChI is InChI=1S/C20H18ClN5/c1-12-4-5-13(2)17(8-12)25-19-16-10-24-26(20(16)23-11-22-19)18-9-15(21)7-6-14(18)3/h4-11H,1-3H3,(H,22,23,25). The normalized spacial score (nSPS) is 11.1. The predicted molar refractivity (Wildman–Crippen MR) is 106 cm³/mol. The Labute approximate surface area is 156 Å². The molecule has 2 aromatic heterocycles. The molecule has 0 aliphatic rings. The molecule has 0 atom stereocenters. The minimum atomic E-state index is 0.664. The highest BCUT2D eigenvalue weighted by Gasteiger charge is 2.13. The summed E-state index contributed by atoms with van der Waals surface area (Å²) in [5.74, 6) is 0.731. The average Bonchev–Trinajstić information content (AvgIpc) is 3.05. The van der Waals surface area contributed by atoms with Crippen molar-refractivity contribution in [1.82, 2.24) is 19.7 Å². The van der Waals surface area contributed by atoms with Crippen LogP contribution in [-0.2, 0) is 0 Å². The molecule has 26 heavy (non-hydrogen) atoms. The quantitative estimate of drug-likeness (QED) is 0.547. The van der Waals surface area contributed by atoms with Crippen molar-refractivity contribution in [3.63, 3.8) is 0 Å². The summed E-state index contributed by atoms with van der Waals surface area (Å²) in [6, 6.07) is 12.0. The van der Waals surface area contributed by atoms with E-state index in [0.717, 1.165) is 39.4 Å². The highest BCUT2D eigenvalue weighted by molar-refractivity contribution is 6.30. The van der Waals surface area contributed by atoms with Crippen molar-refractivity contribution in [1.29, 1.82) is 0 Å². The van der Waals surface area contributed by atoms with Crippen LogP contribution in [0.1, 0.15) is 16.7 Å². The first kappa shape index (κ1) is 16.5. The van der Waals surface area contributed by atoms with Gasteiger partial charge in [0.15, 0.2) is 5.65 Å². The number of aryl methyl sites for hydroxylation is 3. The molecule has 2 heterocycles. The van der Waals surface area contributed by atoms with Gasteiger partial charge in [-0.25, -0.2) is 14.6 Å². The van der Waals surface area contributed by atoms with E-state index in [4.69, 9.17) is 11.6 Å². The van der Waals surface area contributed by atoms with Gasteiger partial charge in [-0.1, -0.05) is 29.8 Å². The van der Waals surface area contributed by atoms with Gasteiger partial charge in [0, 0.05) is 10.7 Å². The van der Waals surface area contributed by atoms with E-state index in [1.165, 1.54) is 5.56 Å². The minimum absolute atomic E-state index is 0.664. The summed E-state index contributed by atoms with van der Waals surface area (Å²) < 4.78 is 1.80. The van der Waals surface area contributed by atoms with Gasteiger partial charge in [-0.15, -0.1) is 0 Å². The molecule has 2 aromatic carbocycles. The van der Waals surface area contributed by atoms with Crippen molar-refractivity contribution in [2.24, 2.45) is 0 Å².